The van der Waals surface area contributed by atoms with E-state index in [4.69, 9.17) is 0 Å². The number of hydrogen-bond acceptors (Lipinski definition) is 5. The third kappa shape index (κ3) is 4.51. The van der Waals surface area contributed by atoms with E-state index in [0.717, 1.165) is 18.7 Å². The van der Waals surface area contributed by atoms with Crippen LogP contribution in [0.2, 0.25) is 0 Å². The van der Waals surface area contributed by atoms with Gasteiger partial charge in [-0.3, -0.25) is 9.59 Å². The maximum absolute atomic E-state index is 12.3. The van der Waals surface area contributed by atoms with Crippen LogP contribution < -0.4 is 10.6 Å². The fourth-order valence-corrected chi connectivity index (χ4v) is 3.20. The molecule has 8 heteroatoms. The molecule has 0 aliphatic heterocycles. The molecule has 0 saturated heterocycles. The van der Waals surface area contributed by atoms with Gasteiger partial charge in [0.25, 0.3) is 5.91 Å². The van der Waals surface area contributed by atoms with E-state index in [1.807, 2.05) is 11.5 Å². The van der Waals surface area contributed by atoms with Crippen molar-refractivity contribution >= 4 is 29.3 Å². The molecule has 2 amide bonds. The zero-order chi connectivity index (χ0) is 18.5. The Hall–Kier alpha value is -2.61. The molecule has 2 aromatic rings. The van der Waals surface area contributed by atoms with E-state index >= 15 is 0 Å². The molecule has 1 saturated carbocycles. The van der Waals surface area contributed by atoms with E-state index < -0.39 is 0 Å². The van der Waals surface area contributed by atoms with E-state index in [2.05, 4.69) is 27.4 Å². The van der Waals surface area contributed by atoms with Gasteiger partial charge in [0.2, 0.25) is 5.91 Å². The number of anilines is 1. The van der Waals surface area contributed by atoms with Crippen LogP contribution in [0.15, 0.2) is 42.1 Å². The fraction of sp³-hybridized carbons (Fsp3) is 0.333. The molecule has 1 aromatic carbocycles. The number of amides is 2. The number of rotatable bonds is 8. The van der Waals surface area contributed by atoms with Crippen LogP contribution >= 0.6 is 11.8 Å². The minimum atomic E-state index is -0.201. The molecule has 3 rings (SSSR count). The summed E-state index contributed by atoms with van der Waals surface area (Å²) < 4.78 is 1.89. The Morgan fingerprint density at radius 1 is 1.35 bits per heavy atom. The zero-order valence-electron chi connectivity index (χ0n) is 14.6. The second-order valence-electron chi connectivity index (χ2n) is 6.06. The molecular weight excluding hydrogens is 350 g/mol. The van der Waals surface area contributed by atoms with Crippen molar-refractivity contribution in [1.82, 2.24) is 20.1 Å². The minimum absolute atomic E-state index is 0.155. The molecule has 2 N–H and O–H groups in total. The Bertz CT molecular complexity index is 829. The standard InChI is InChI=1S/C18H21N5O2S/c1-3-10-23-12(2)21-22-18(23)26-11-16(24)20-15-7-5-4-6-14(15)17(25)19-13-8-9-13/h3-7,13H,1,8-11H2,2H3,(H,19,25)(H,20,24). The monoisotopic (exact) mass is 371 g/mol. The van der Waals surface area contributed by atoms with Crippen molar-refractivity contribution in [1.29, 1.82) is 0 Å². The average molecular weight is 371 g/mol. The highest BCUT2D eigenvalue weighted by molar-refractivity contribution is 7.99. The van der Waals surface area contributed by atoms with E-state index in [1.165, 1.54) is 11.8 Å². The average Bonchev–Trinajstić information content (AvgIpc) is 3.37. The molecule has 0 bridgehead atoms. The van der Waals surface area contributed by atoms with Crippen molar-refractivity contribution in [3.05, 3.63) is 48.3 Å². The van der Waals surface area contributed by atoms with Crippen LogP contribution in [0.5, 0.6) is 0 Å². The van der Waals surface area contributed by atoms with E-state index in [-0.39, 0.29) is 23.6 Å². The van der Waals surface area contributed by atoms with Gasteiger partial charge in [-0.15, -0.1) is 16.8 Å². The van der Waals surface area contributed by atoms with Crippen molar-refractivity contribution in [3.8, 4) is 0 Å². The van der Waals surface area contributed by atoms with Gasteiger partial charge < -0.3 is 15.2 Å². The van der Waals surface area contributed by atoms with Gasteiger partial charge >= 0.3 is 0 Å². The molecule has 1 aliphatic rings. The molecule has 26 heavy (non-hydrogen) atoms. The van der Waals surface area contributed by atoms with E-state index in [0.29, 0.717) is 23.0 Å². The van der Waals surface area contributed by atoms with Crippen LogP contribution in [0, 0.1) is 6.92 Å². The quantitative estimate of drug-likeness (QED) is 0.549. The summed E-state index contributed by atoms with van der Waals surface area (Å²) in [6.07, 6.45) is 3.79. The molecule has 1 fully saturated rings. The number of carbonyl (C=O) groups excluding carboxylic acids is 2. The highest BCUT2D eigenvalue weighted by Gasteiger charge is 2.25. The lowest BCUT2D eigenvalue weighted by Crippen LogP contribution is -2.27. The van der Waals surface area contributed by atoms with Gasteiger partial charge in [0, 0.05) is 12.6 Å². The summed E-state index contributed by atoms with van der Waals surface area (Å²) in [5.41, 5.74) is 0.989. The fourth-order valence-electron chi connectivity index (χ4n) is 2.40. The van der Waals surface area contributed by atoms with Crippen LogP contribution in [0.1, 0.15) is 29.0 Å². The number of hydrogen-bond donors (Lipinski definition) is 2. The maximum Gasteiger partial charge on any atom is 0.253 e. The third-order valence-electron chi connectivity index (χ3n) is 3.90. The second-order valence-corrected chi connectivity index (χ2v) is 7.00. The van der Waals surface area contributed by atoms with Crippen molar-refractivity contribution < 1.29 is 9.59 Å². The van der Waals surface area contributed by atoms with Crippen molar-refractivity contribution in [2.24, 2.45) is 0 Å². The number of aromatic nitrogens is 3. The highest BCUT2D eigenvalue weighted by atomic mass is 32.2. The molecule has 0 atom stereocenters. The number of benzene rings is 1. The Morgan fingerprint density at radius 3 is 2.85 bits per heavy atom. The van der Waals surface area contributed by atoms with Crippen molar-refractivity contribution in [3.63, 3.8) is 0 Å². The summed E-state index contributed by atoms with van der Waals surface area (Å²) >= 11 is 1.30. The van der Waals surface area contributed by atoms with Gasteiger partial charge in [-0.1, -0.05) is 30.0 Å². The topological polar surface area (TPSA) is 88.9 Å². The Kier molecular flexibility index (Phi) is 5.72. The molecule has 1 heterocycles. The smallest absolute Gasteiger partial charge is 0.253 e. The van der Waals surface area contributed by atoms with Gasteiger partial charge in [-0.05, 0) is 31.9 Å². The lowest BCUT2D eigenvalue weighted by atomic mass is 10.1. The molecule has 136 valence electrons. The first kappa shape index (κ1) is 18.2. The lowest BCUT2D eigenvalue weighted by molar-refractivity contribution is -0.113. The van der Waals surface area contributed by atoms with Crippen LogP contribution in [-0.4, -0.2) is 38.4 Å². The zero-order valence-corrected chi connectivity index (χ0v) is 15.4. The number of aryl methyl sites for hydroxylation is 1. The largest absolute Gasteiger partial charge is 0.349 e. The highest BCUT2D eigenvalue weighted by Crippen LogP contribution is 2.22. The summed E-state index contributed by atoms with van der Waals surface area (Å²) in [4.78, 5) is 24.6. The number of carbonyl (C=O) groups is 2. The molecule has 1 aromatic heterocycles. The number of nitrogens with zero attached hydrogens (tertiary/aromatic N) is 3. The van der Waals surface area contributed by atoms with Gasteiger partial charge in [0.1, 0.15) is 5.82 Å². The Balaban J connectivity index is 1.61. The van der Waals surface area contributed by atoms with Crippen LogP contribution in [-0.2, 0) is 11.3 Å². The number of allylic oxidation sites excluding steroid dienone is 1. The van der Waals surface area contributed by atoms with E-state index in [9.17, 15) is 9.59 Å². The first-order valence-electron chi connectivity index (χ1n) is 8.41. The molecule has 7 nitrogen and oxygen atoms in total. The molecule has 1 aliphatic carbocycles. The van der Waals surface area contributed by atoms with Crippen molar-refractivity contribution in [2.75, 3.05) is 11.1 Å². The van der Waals surface area contributed by atoms with Gasteiger partial charge in [0.15, 0.2) is 5.16 Å². The minimum Gasteiger partial charge on any atom is -0.349 e. The second kappa shape index (κ2) is 8.18. The SMILES string of the molecule is C=CCn1c(C)nnc1SCC(=O)Nc1ccccc1C(=O)NC1CC1. The predicted molar refractivity (Wildman–Crippen MR) is 101 cm³/mol. The first-order valence-corrected chi connectivity index (χ1v) is 9.40. The first-order chi connectivity index (χ1) is 12.6. The summed E-state index contributed by atoms with van der Waals surface area (Å²) in [5.74, 6) is 0.591. The normalized spacial score (nSPS) is 13.3. The van der Waals surface area contributed by atoms with E-state index in [1.54, 1.807) is 30.3 Å². The lowest BCUT2D eigenvalue weighted by Gasteiger charge is -2.11. The maximum atomic E-state index is 12.3. The third-order valence-corrected chi connectivity index (χ3v) is 4.87. The number of thioether (sulfide) groups is 1. The van der Waals surface area contributed by atoms with Crippen LogP contribution in [0.3, 0.4) is 0 Å². The van der Waals surface area contributed by atoms with Crippen LogP contribution in [0.4, 0.5) is 5.69 Å². The predicted octanol–water partition coefficient (Wildman–Crippen LogP) is 2.40. The van der Waals surface area contributed by atoms with Gasteiger partial charge in [-0.25, -0.2) is 0 Å². The summed E-state index contributed by atoms with van der Waals surface area (Å²) in [7, 11) is 0. The number of para-hydroxylation sites is 1. The van der Waals surface area contributed by atoms with Crippen LogP contribution in [0.25, 0.3) is 0 Å². The Morgan fingerprint density at radius 2 is 2.12 bits per heavy atom. The summed E-state index contributed by atoms with van der Waals surface area (Å²) in [6.45, 7) is 6.16. The summed E-state index contributed by atoms with van der Waals surface area (Å²) in [5, 5.41) is 14.5. The number of nitrogens with one attached hydrogen (secondary N) is 2. The molecule has 0 spiro atoms. The Labute approximate surface area is 156 Å². The summed E-state index contributed by atoms with van der Waals surface area (Å²) in [6, 6.07) is 7.29. The van der Waals surface area contributed by atoms with Gasteiger partial charge in [-0.2, -0.15) is 0 Å². The molecule has 0 radical (unpaired) electrons. The molecular formula is C18H21N5O2S. The van der Waals surface area contributed by atoms with Gasteiger partial charge in [0.05, 0.1) is 17.0 Å². The van der Waals surface area contributed by atoms with Crippen molar-refractivity contribution in [2.45, 2.75) is 37.5 Å². The molecule has 0 unspecified atom stereocenters.